The fourth-order valence-corrected chi connectivity index (χ4v) is 4.70. The first-order valence-electron chi connectivity index (χ1n) is 10.8. The fourth-order valence-electron chi connectivity index (χ4n) is 3.21. The number of nitrogens with one attached hydrogen (secondary N) is 1. The largest absolute Gasteiger partial charge is 0.482 e. The second-order valence-corrected chi connectivity index (χ2v) is 9.19. The zero-order valence-corrected chi connectivity index (χ0v) is 20.0. The average Bonchev–Trinajstić information content (AvgIpc) is 2.85. The molecule has 0 saturated carbocycles. The molecule has 0 aliphatic rings. The van der Waals surface area contributed by atoms with Crippen LogP contribution in [0.25, 0.3) is 0 Å². The molecule has 0 atom stereocenters. The van der Waals surface area contributed by atoms with Crippen LogP contribution in [0.1, 0.15) is 19.4 Å². The molecule has 0 aliphatic heterocycles. The number of hydrogen-bond acceptors (Lipinski definition) is 6. The number of benzene rings is 3. The van der Waals surface area contributed by atoms with Crippen LogP contribution in [0.5, 0.6) is 17.2 Å². The zero-order chi connectivity index (χ0) is 25.4. The highest BCUT2D eigenvalue weighted by Crippen LogP contribution is 2.33. The summed E-state index contributed by atoms with van der Waals surface area (Å²) >= 11 is 0. The van der Waals surface area contributed by atoms with E-state index in [2.05, 4.69) is 5.32 Å². The van der Waals surface area contributed by atoms with Gasteiger partial charge in [0.2, 0.25) is 10.0 Å². The maximum atomic E-state index is 13.3. The van der Waals surface area contributed by atoms with E-state index in [0.717, 1.165) is 0 Å². The van der Waals surface area contributed by atoms with E-state index in [1.165, 1.54) is 46.8 Å². The van der Waals surface area contributed by atoms with Gasteiger partial charge in [-0.25, -0.2) is 12.8 Å². The van der Waals surface area contributed by atoms with Crippen molar-refractivity contribution < 1.29 is 27.1 Å². The van der Waals surface area contributed by atoms with Gasteiger partial charge in [0, 0.05) is 13.1 Å². The van der Waals surface area contributed by atoms with Crippen molar-refractivity contribution in [2.24, 2.45) is 0 Å². The molecule has 0 saturated heterocycles. The smallest absolute Gasteiger partial charge is 0.262 e. The zero-order valence-electron chi connectivity index (χ0n) is 19.2. The van der Waals surface area contributed by atoms with Crippen molar-refractivity contribution in [2.75, 3.05) is 25.0 Å². The highest BCUT2D eigenvalue weighted by molar-refractivity contribution is 7.89. The van der Waals surface area contributed by atoms with Crippen molar-refractivity contribution in [3.8, 4) is 23.3 Å². The van der Waals surface area contributed by atoms with E-state index >= 15 is 0 Å². The first-order chi connectivity index (χ1) is 16.8. The summed E-state index contributed by atoms with van der Waals surface area (Å²) in [5.74, 6) is -0.354. The summed E-state index contributed by atoms with van der Waals surface area (Å²) in [4.78, 5) is 12.6. The van der Waals surface area contributed by atoms with Crippen molar-refractivity contribution >= 4 is 21.6 Å². The molecule has 0 aromatic heterocycles. The number of para-hydroxylation sites is 1. The number of rotatable bonds is 10. The van der Waals surface area contributed by atoms with Gasteiger partial charge in [-0.05, 0) is 54.6 Å². The predicted octanol–water partition coefficient (Wildman–Crippen LogP) is 4.54. The average molecular weight is 498 g/mol. The van der Waals surface area contributed by atoms with Crippen LogP contribution in [-0.2, 0) is 14.8 Å². The molecule has 0 aliphatic carbocycles. The summed E-state index contributed by atoms with van der Waals surface area (Å²) in [5.41, 5.74) is 0.359. The lowest BCUT2D eigenvalue weighted by molar-refractivity contribution is -0.118. The van der Waals surface area contributed by atoms with Gasteiger partial charge < -0.3 is 14.8 Å². The van der Waals surface area contributed by atoms with E-state index in [1.807, 2.05) is 6.07 Å². The maximum Gasteiger partial charge on any atom is 0.262 e. The topological polar surface area (TPSA) is 109 Å². The summed E-state index contributed by atoms with van der Waals surface area (Å²) in [6.07, 6.45) is 0. The minimum atomic E-state index is -3.81. The van der Waals surface area contributed by atoms with E-state index in [0.29, 0.717) is 5.75 Å². The van der Waals surface area contributed by atoms with Crippen LogP contribution in [0.2, 0.25) is 0 Å². The van der Waals surface area contributed by atoms with E-state index < -0.39 is 28.4 Å². The molecule has 10 heteroatoms. The lowest BCUT2D eigenvalue weighted by atomic mass is 10.2. The Hall–Kier alpha value is -3.94. The molecule has 3 aromatic rings. The van der Waals surface area contributed by atoms with Gasteiger partial charge in [-0.15, -0.1) is 0 Å². The van der Waals surface area contributed by atoms with Crippen molar-refractivity contribution in [1.29, 1.82) is 5.26 Å². The summed E-state index contributed by atoms with van der Waals surface area (Å²) < 4.78 is 51.8. The number of ether oxygens (including phenoxy) is 2. The van der Waals surface area contributed by atoms with Crippen molar-refractivity contribution in [3.05, 3.63) is 78.1 Å². The minimum absolute atomic E-state index is 0.0290. The first-order valence-corrected chi connectivity index (χ1v) is 12.2. The Bertz CT molecular complexity index is 1330. The predicted molar refractivity (Wildman–Crippen MR) is 128 cm³/mol. The van der Waals surface area contributed by atoms with Gasteiger partial charge in [-0.1, -0.05) is 26.0 Å². The third-order valence-corrected chi connectivity index (χ3v) is 7.02. The molecule has 0 bridgehead atoms. The molecule has 0 fully saturated rings. The number of nitriles is 1. The number of amides is 1. The molecule has 0 spiro atoms. The number of halogens is 1. The van der Waals surface area contributed by atoms with Gasteiger partial charge in [0.25, 0.3) is 5.91 Å². The molecule has 1 amide bonds. The molecular weight excluding hydrogens is 473 g/mol. The van der Waals surface area contributed by atoms with E-state index in [9.17, 15) is 22.9 Å². The van der Waals surface area contributed by atoms with Crippen LogP contribution >= 0.6 is 0 Å². The van der Waals surface area contributed by atoms with Crippen LogP contribution in [0.3, 0.4) is 0 Å². The van der Waals surface area contributed by atoms with Crippen LogP contribution in [0, 0.1) is 17.1 Å². The molecule has 8 nitrogen and oxygen atoms in total. The van der Waals surface area contributed by atoms with Gasteiger partial charge in [0.05, 0.1) is 16.1 Å². The number of sulfonamides is 1. The van der Waals surface area contributed by atoms with Crippen molar-refractivity contribution in [2.45, 2.75) is 18.7 Å². The van der Waals surface area contributed by atoms with E-state index in [4.69, 9.17) is 9.47 Å². The van der Waals surface area contributed by atoms with Crippen LogP contribution < -0.4 is 14.8 Å². The Kier molecular flexibility index (Phi) is 8.41. The fraction of sp³-hybridized carbons (Fsp3) is 0.200. The molecular formula is C25H24FN3O5S. The maximum absolute atomic E-state index is 13.3. The van der Waals surface area contributed by atoms with Crippen LogP contribution in [0.15, 0.2) is 71.6 Å². The lowest BCUT2D eigenvalue weighted by Gasteiger charge is -2.20. The Balaban J connectivity index is 1.89. The molecule has 0 unspecified atom stereocenters. The van der Waals surface area contributed by atoms with Gasteiger partial charge in [0.1, 0.15) is 23.4 Å². The van der Waals surface area contributed by atoms with Gasteiger partial charge in [-0.3, -0.25) is 4.79 Å². The van der Waals surface area contributed by atoms with Crippen molar-refractivity contribution in [1.82, 2.24) is 4.31 Å². The third-order valence-electron chi connectivity index (χ3n) is 4.98. The number of nitrogens with zero attached hydrogens (tertiary/aromatic N) is 2. The molecule has 3 aromatic carbocycles. The minimum Gasteiger partial charge on any atom is -0.482 e. The quantitative estimate of drug-likeness (QED) is 0.441. The molecule has 182 valence electrons. The number of carbonyl (C=O) groups is 1. The molecule has 3 rings (SSSR count). The highest BCUT2D eigenvalue weighted by Gasteiger charge is 2.23. The molecule has 1 N–H and O–H groups in total. The summed E-state index contributed by atoms with van der Waals surface area (Å²) in [6, 6.07) is 17.8. The van der Waals surface area contributed by atoms with Gasteiger partial charge in [0.15, 0.2) is 12.4 Å². The highest BCUT2D eigenvalue weighted by atomic mass is 32.2. The Labute approximate surface area is 203 Å². The van der Waals surface area contributed by atoms with Crippen LogP contribution in [0.4, 0.5) is 10.1 Å². The number of anilines is 1. The molecule has 0 heterocycles. The second-order valence-electron chi connectivity index (χ2n) is 7.25. The summed E-state index contributed by atoms with van der Waals surface area (Å²) in [7, 11) is -3.81. The number of hydrogen-bond donors (Lipinski definition) is 1. The standard InChI is InChI=1S/C25H24FN3O5S/c1-3-29(4-2)35(31,32)21-13-14-24(34-20-11-9-19(26)10-12-20)22(15-21)28-25(30)17-33-23-8-6-5-7-18(23)16-27/h5-15H,3-4,17H2,1-2H3,(H,28,30). The Morgan fingerprint density at radius 2 is 1.71 bits per heavy atom. The summed E-state index contributed by atoms with van der Waals surface area (Å²) in [6.45, 7) is 3.58. The summed E-state index contributed by atoms with van der Waals surface area (Å²) in [5, 5.41) is 11.8. The molecule has 0 radical (unpaired) electrons. The Morgan fingerprint density at radius 3 is 2.37 bits per heavy atom. The molecule has 35 heavy (non-hydrogen) atoms. The van der Waals surface area contributed by atoms with E-state index in [-0.39, 0.29) is 40.7 Å². The Morgan fingerprint density at radius 1 is 1.03 bits per heavy atom. The van der Waals surface area contributed by atoms with E-state index in [1.54, 1.807) is 38.1 Å². The van der Waals surface area contributed by atoms with Crippen LogP contribution in [-0.4, -0.2) is 38.3 Å². The monoisotopic (exact) mass is 497 g/mol. The SMILES string of the molecule is CCN(CC)S(=O)(=O)c1ccc(Oc2ccc(F)cc2)c(NC(=O)COc2ccccc2C#N)c1. The lowest BCUT2D eigenvalue weighted by Crippen LogP contribution is -2.30. The van der Waals surface area contributed by atoms with Crippen molar-refractivity contribution in [3.63, 3.8) is 0 Å². The van der Waals surface area contributed by atoms with Gasteiger partial charge >= 0.3 is 0 Å². The normalized spacial score (nSPS) is 11.1. The van der Waals surface area contributed by atoms with Gasteiger partial charge in [-0.2, -0.15) is 9.57 Å². The third kappa shape index (κ3) is 6.35. The second kappa shape index (κ2) is 11.5. The number of carbonyl (C=O) groups excluding carboxylic acids is 1. The first kappa shape index (κ1) is 25.7.